The van der Waals surface area contributed by atoms with E-state index < -0.39 is 5.54 Å². The summed E-state index contributed by atoms with van der Waals surface area (Å²) in [5.74, 6) is 1.06. The van der Waals surface area contributed by atoms with Crippen LogP contribution in [0.5, 0.6) is 11.5 Å². The van der Waals surface area contributed by atoms with Crippen LogP contribution in [-0.2, 0) is 16.1 Å². The van der Waals surface area contributed by atoms with Gasteiger partial charge in [0.2, 0.25) is 12.7 Å². The zero-order valence-electron chi connectivity index (χ0n) is 20.8. The summed E-state index contributed by atoms with van der Waals surface area (Å²) in [6.45, 7) is 1.77. The quantitative estimate of drug-likeness (QED) is 0.525. The highest BCUT2D eigenvalue weighted by Crippen LogP contribution is 2.40. The molecule has 0 atom stereocenters. The average molecular weight is 533 g/mol. The summed E-state index contributed by atoms with van der Waals surface area (Å²) in [7, 11) is 0. The Kier molecular flexibility index (Phi) is 6.40. The molecule has 6 rings (SSSR count). The highest BCUT2D eigenvalue weighted by atomic mass is 32.1. The van der Waals surface area contributed by atoms with Crippen LogP contribution in [0.4, 0.5) is 5.69 Å². The molecule has 9 nitrogen and oxygen atoms in total. The maximum Gasteiger partial charge on any atom is 0.263 e. The number of fused-ring (bicyclic) bond motifs is 1. The number of anilines is 1. The topological polar surface area (TPSA) is 91.4 Å². The van der Waals surface area contributed by atoms with Crippen LogP contribution in [-0.4, -0.2) is 66.2 Å². The molecule has 1 aromatic heterocycles. The third-order valence-corrected chi connectivity index (χ3v) is 8.31. The van der Waals surface area contributed by atoms with E-state index in [0.717, 1.165) is 11.3 Å². The molecule has 3 aromatic rings. The monoisotopic (exact) mass is 532 g/mol. The Morgan fingerprint density at radius 1 is 0.974 bits per heavy atom. The van der Waals surface area contributed by atoms with Crippen molar-refractivity contribution in [2.24, 2.45) is 0 Å². The number of carbonyl (C=O) groups is 3. The summed E-state index contributed by atoms with van der Waals surface area (Å²) in [5, 5.41) is 4.82. The Morgan fingerprint density at radius 3 is 2.53 bits per heavy atom. The first kappa shape index (κ1) is 24.3. The van der Waals surface area contributed by atoms with Crippen molar-refractivity contribution in [3.05, 3.63) is 76.5 Å². The van der Waals surface area contributed by atoms with Gasteiger partial charge in [-0.1, -0.05) is 30.3 Å². The van der Waals surface area contributed by atoms with Crippen LogP contribution >= 0.6 is 11.3 Å². The molecule has 2 aromatic carbocycles. The van der Waals surface area contributed by atoms with Crippen LogP contribution in [0.2, 0.25) is 0 Å². The Hall–Kier alpha value is -4.05. The molecule has 0 radical (unpaired) electrons. The second kappa shape index (κ2) is 10.0. The molecule has 2 fully saturated rings. The number of ether oxygens (including phenoxy) is 2. The van der Waals surface area contributed by atoms with Crippen LogP contribution in [0.15, 0.2) is 66.0 Å². The molecule has 196 valence electrons. The van der Waals surface area contributed by atoms with Crippen molar-refractivity contribution in [3.63, 3.8) is 0 Å². The second-order valence-electron chi connectivity index (χ2n) is 9.67. The fourth-order valence-electron chi connectivity index (χ4n) is 5.44. The minimum absolute atomic E-state index is 0.00584. The van der Waals surface area contributed by atoms with Crippen molar-refractivity contribution in [1.29, 1.82) is 0 Å². The predicted molar refractivity (Wildman–Crippen MR) is 142 cm³/mol. The number of carbonyl (C=O) groups excluding carboxylic acids is 3. The molecule has 0 unspecified atom stereocenters. The van der Waals surface area contributed by atoms with Gasteiger partial charge in [0, 0.05) is 25.3 Å². The van der Waals surface area contributed by atoms with Gasteiger partial charge in [0.1, 0.15) is 12.1 Å². The SMILES string of the molecule is O=C(CN1CN(c2ccccc2)C2(CCN(C(=O)c3cccs3)CC2)C1=O)NCc1ccc2c(c1)OCO2. The summed E-state index contributed by atoms with van der Waals surface area (Å²) >= 11 is 1.43. The minimum atomic E-state index is -0.787. The lowest BCUT2D eigenvalue weighted by atomic mass is 9.85. The lowest BCUT2D eigenvalue weighted by Crippen LogP contribution is -2.57. The number of hydrogen-bond donors (Lipinski definition) is 1. The number of hydrogen-bond acceptors (Lipinski definition) is 7. The molecular formula is C28H28N4O5S. The maximum atomic E-state index is 13.9. The van der Waals surface area contributed by atoms with E-state index in [1.54, 1.807) is 4.90 Å². The van der Waals surface area contributed by atoms with E-state index in [1.807, 2.05) is 70.9 Å². The number of amides is 3. The van der Waals surface area contributed by atoms with Crippen LogP contribution in [0.25, 0.3) is 0 Å². The third kappa shape index (κ3) is 4.45. The van der Waals surface area contributed by atoms with Crippen molar-refractivity contribution in [1.82, 2.24) is 15.1 Å². The molecule has 38 heavy (non-hydrogen) atoms. The number of para-hydroxylation sites is 1. The lowest BCUT2D eigenvalue weighted by molar-refractivity contribution is -0.137. The van der Waals surface area contributed by atoms with Crippen LogP contribution in [0.3, 0.4) is 0 Å². The number of piperidine rings is 1. The zero-order chi connectivity index (χ0) is 26.1. The second-order valence-corrected chi connectivity index (χ2v) is 10.6. The predicted octanol–water partition coefficient (Wildman–Crippen LogP) is 3.07. The van der Waals surface area contributed by atoms with E-state index in [4.69, 9.17) is 9.47 Å². The highest BCUT2D eigenvalue weighted by molar-refractivity contribution is 7.12. The summed E-state index contributed by atoms with van der Waals surface area (Å²) < 4.78 is 10.8. The van der Waals surface area contributed by atoms with E-state index in [-0.39, 0.29) is 31.1 Å². The number of nitrogens with one attached hydrogen (secondary N) is 1. The largest absolute Gasteiger partial charge is 0.454 e. The van der Waals surface area contributed by atoms with Gasteiger partial charge in [-0.25, -0.2) is 0 Å². The van der Waals surface area contributed by atoms with E-state index in [1.165, 1.54) is 11.3 Å². The highest BCUT2D eigenvalue weighted by Gasteiger charge is 2.54. The Bertz CT molecular complexity index is 1340. The summed E-state index contributed by atoms with van der Waals surface area (Å²) in [5.41, 5.74) is 1.04. The van der Waals surface area contributed by atoms with Crippen molar-refractivity contribution in [2.75, 3.05) is 38.0 Å². The van der Waals surface area contributed by atoms with Crippen LogP contribution in [0, 0.1) is 0 Å². The number of rotatable bonds is 6. The van der Waals surface area contributed by atoms with Gasteiger partial charge < -0.3 is 29.5 Å². The molecule has 0 aliphatic carbocycles. The molecule has 3 aliphatic rings. The van der Waals surface area contributed by atoms with Gasteiger partial charge in [-0.2, -0.15) is 0 Å². The number of benzene rings is 2. The number of likely N-dealkylation sites (tertiary alicyclic amines) is 1. The molecule has 4 heterocycles. The first-order valence-corrected chi connectivity index (χ1v) is 13.5. The molecule has 0 saturated carbocycles. The Labute approximate surface area is 224 Å². The zero-order valence-corrected chi connectivity index (χ0v) is 21.6. The summed E-state index contributed by atoms with van der Waals surface area (Å²) in [6.07, 6.45) is 1.01. The van der Waals surface area contributed by atoms with Crippen molar-refractivity contribution in [2.45, 2.75) is 24.9 Å². The smallest absolute Gasteiger partial charge is 0.263 e. The molecule has 1 spiro atoms. The molecular weight excluding hydrogens is 504 g/mol. The van der Waals surface area contributed by atoms with Crippen LogP contribution < -0.4 is 19.7 Å². The molecule has 1 N–H and O–H groups in total. The van der Waals surface area contributed by atoms with Gasteiger partial charge in [-0.15, -0.1) is 11.3 Å². The van der Waals surface area contributed by atoms with Gasteiger partial charge in [0.25, 0.3) is 11.8 Å². The Morgan fingerprint density at radius 2 is 1.76 bits per heavy atom. The number of thiophene rings is 1. The minimum Gasteiger partial charge on any atom is -0.454 e. The van der Waals surface area contributed by atoms with Crippen molar-refractivity contribution in [3.8, 4) is 11.5 Å². The van der Waals surface area contributed by atoms with Gasteiger partial charge in [0.15, 0.2) is 11.5 Å². The molecule has 3 aliphatic heterocycles. The fraction of sp³-hybridized carbons (Fsp3) is 0.321. The normalized spacial score (nSPS) is 17.8. The first-order valence-electron chi connectivity index (χ1n) is 12.6. The third-order valence-electron chi connectivity index (χ3n) is 7.45. The van der Waals surface area contributed by atoms with Crippen molar-refractivity contribution < 1.29 is 23.9 Å². The number of nitrogens with zero attached hydrogens (tertiary/aromatic N) is 3. The molecule has 2 saturated heterocycles. The van der Waals surface area contributed by atoms with Crippen LogP contribution in [0.1, 0.15) is 28.1 Å². The van der Waals surface area contributed by atoms with Gasteiger partial charge in [-0.05, 0) is 54.1 Å². The molecule has 10 heteroatoms. The van der Waals surface area contributed by atoms with E-state index in [0.29, 0.717) is 55.5 Å². The fourth-order valence-corrected chi connectivity index (χ4v) is 6.13. The van der Waals surface area contributed by atoms with Gasteiger partial charge >= 0.3 is 0 Å². The molecule has 3 amide bonds. The van der Waals surface area contributed by atoms with Gasteiger partial charge in [-0.3, -0.25) is 14.4 Å². The maximum absolute atomic E-state index is 13.9. The van der Waals surface area contributed by atoms with E-state index in [2.05, 4.69) is 10.2 Å². The standard InChI is InChI=1S/C28H28N4O5S/c33-25(29-16-20-8-9-22-23(15-20)37-19-36-22)17-31-18-32(21-5-2-1-3-6-21)28(27(31)35)10-12-30(13-11-28)26(34)24-7-4-14-38-24/h1-9,14-15H,10-13,16-19H2,(H,29,33). The summed E-state index contributed by atoms with van der Waals surface area (Å²) in [4.78, 5) is 46.0. The summed E-state index contributed by atoms with van der Waals surface area (Å²) in [6, 6.07) is 19.1. The van der Waals surface area contributed by atoms with E-state index in [9.17, 15) is 14.4 Å². The Balaban J connectivity index is 1.15. The van der Waals surface area contributed by atoms with Gasteiger partial charge in [0.05, 0.1) is 11.5 Å². The van der Waals surface area contributed by atoms with Crippen molar-refractivity contribution >= 4 is 34.7 Å². The lowest BCUT2D eigenvalue weighted by Gasteiger charge is -2.43. The molecule has 0 bridgehead atoms. The first-order chi connectivity index (χ1) is 18.5. The average Bonchev–Trinajstić information content (AvgIpc) is 3.70. The van der Waals surface area contributed by atoms with E-state index >= 15 is 0 Å².